The monoisotopic (exact) mass is 363 g/mol. The standard InChI is InChI=1S/C19H25NO4S/c1-14(2)7-12-25-16-6-4-3-5-15(16)17(21)20-13-19(18(22)23)8-10-24-11-9-19/h3-7H,8-13H2,1-2H3,(H,20,21)(H,22,23). The molecule has 6 heteroatoms. The Hall–Kier alpha value is -1.79. The van der Waals surface area contributed by atoms with Crippen LogP contribution in [0.15, 0.2) is 40.8 Å². The summed E-state index contributed by atoms with van der Waals surface area (Å²) in [6.07, 6.45) is 2.94. The van der Waals surface area contributed by atoms with Gasteiger partial charge in [-0.15, -0.1) is 11.8 Å². The number of amides is 1. The minimum Gasteiger partial charge on any atom is -0.481 e. The van der Waals surface area contributed by atoms with Gasteiger partial charge in [0.25, 0.3) is 5.91 Å². The highest BCUT2D eigenvalue weighted by Crippen LogP contribution is 2.30. The van der Waals surface area contributed by atoms with E-state index in [0.717, 1.165) is 10.6 Å². The number of allylic oxidation sites excluding steroid dienone is 1. The zero-order valence-corrected chi connectivity index (χ0v) is 15.5. The van der Waals surface area contributed by atoms with Gasteiger partial charge in [-0.3, -0.25) is 9.59 Å². The Bertz CT molecular complexity index is 647. The van der Waals surface area contributed by atoms with Gasteiger partial charge in [-0.05, 0) is 38.8 Å². The van der Waals surface area contributed by atoms with Crippen LogP contribution in [0, 0.1) is 5.41 Å². The van der Waals surface area contributed by atoms with E-state index in [4.69, 9.17) is 4.74 Å². The van der Waals surface area contributed by atoms with Crippen LogP contribution in [0.3, 0.4) is 0 Å². The first-order chi connectivity index (χ1) is 11.9. The molecule has 0 saturated carbocycles. The summed E-state index contributed by atoms with van der Waals surface area (Å²) in [5.74, 6) is -0.307. The van der Waals surface area contributed by atoms with Gasteiger partial charge in [-0.25, -0.2) is 0 Å². The number of hydrogen-bond acceptors (Lipinski definition) is 4. The summed E-state index contributed by atoms with van der Waals surface area (Å²) >= 11 is 1.60. The lowest BCUT2D eigenvalue weighted by atomic mass is 9.80. The molecule has 1 saturated heterocycles. The van der Waals surface area contributed by atoms with Crippen LogP contribution in [0.1, 0.15) is 37.0 Å². The second-order valence-electron chi connectivity index (χ2n) is 6.47. The lowest BCUT2D eigenvalue weighted by molar-refractivity contribution is -0.154. The number of carboxylic acids is 1. The number of thioether (sulfide) groups is 1. The van der Waals surface area contributed by atoms with Crippen LogP contribution in [-0.2, 0) is 9.53 Å². The summed E-state index contributed by atoms with van der Waals surface area (Å²) in [6.45, 7) is 5.03. The molecule has 0 spiro atoms. The van der Waals surface area contributed by atoms with Gasteiger partial charge in [-0.1, -0.05) is 23.8 Å². The van der Waals surface area contributed by atoms with E-state index in [1.54, 1.807) is 17.8 Å². The average molecular weight is 363 g/mol. The first kappa shape index (κ1) is 19.5. The Labute approximate surface area is 152 Å². The van der Waals surface area contributed by atoms with Crippen molar-refractivity contribution in [2.75, 3.05) is 25.5 Å². The van der Waals surface area contributed by atoms with Crippen molar-refractivity contribution in [2.24, 2.45) is 5.41 Å². The lowest BCUT2D eigenvalue weighted by Gasteiger charge is -2.33. The number of ether oxygens (including phenoxy) is 1. The zero-order chi connectivity index (χ0) is 18.3. The van der Waals surface area contributed by atoms with Gasteiger partial charge in [0.15, 0.2) is 0 Å². The number of carbonyl (C=O) groups is 2. The van der Waals surface area contributed by atoms with Crippen LogP contribution in [0.2, 0.25) is 0 Å². The number of carbonyl (C=O) groups excluding carboxylic acids is 1. The topological polar surface area (TPSA) is 75.6 Å². The molecular weight excluding hydrogens is 338 g/mol. The van der Waals surface area contributed by atoms with Crippen molar-refractivity contribution >= 4 is 23.6 Å². The third kappa shape index (κ3) is 5.34. The molecule has 0 unspecified atom stereocenters. The summed E-state index contributed by atoms with van der Waals surface area (Å²) in [6, 6.07) is 7.41. The van der Waals surface area contributed by atoms with E-state index in [2.05, 4.69) is 11.4 Å². The maximum atomic E-state index is 12.6. The number of carboxylic acid groups (broad SMARTS) is 1. The normalized spacial score (nSPS) is 16.1. The second kappa shape index (κ2) is 9.06. The minimum absolute atomic E-state index is 0.123. The molecule has 0 bridgehead atoms. The third-order valence-electron chi connectivity index (χ3n) is 4.35. The quantitative estimate of drug-likeness (QED) is 0.574. The van der Waals surface area contributed by atoms with E-state index in [1.165, 1.54) is 5.57 Å². The summed E-state index contributed by atoms with van der Waals surface area (Å²) in [5.41, 5.74) is 0.887. The maximum Gasteiger partial charge on any atom is 0.311 e. The molecule has 1 aliphatic heterocycles. The zero-order valence-electron chi connectivity index (χ0n) is 14.7. The van der Waals surface area contributed by atoms with E-state index in [0.29, 0.717) is 31.6 Å². The Morgan fingerprint density at radius 2 is 1.96 bits per heavy atom. The van der Waals surface area contributed by atoms with Crippen LogP contribution >= 0.6 is 11.8 Å². The molecule has 0 aromatic heterocycles. The van der Waals surface area contributed by atoms with Crippen LogP contribution < -0.4 is 5.32 Å². The largest absolute Gasteiger partial charge is 0.481 e. The van der Waals surface area contributed by atoms with Crippen LogP contribution in [0.5, 0.6) is 0 Å². The summed E-state index contributed by atoms with van der Waals surface area (Å²) in [4.78, 5) is 25.2. The molecule has 1 aliphatic rings. The highest BCUT2D eigenvalue weighted by molar-refractivity contribution is 7.99. The first-order valence-corrected chi connectivity index (χ1v) is 9.38. The van der Waals surface area contributed by atoms with Gasteiger partial charge >= 0.3 is 5.97 Å². The number of aliphatic carboxylic acids is 1. The van der Waals surface area contributed by atoms with Crippen molar-refractivity contribution in [1.82, 2.24) is 5.32 Å². The summed E-state index contributed by atoms with van der Waals surface area (Å²) in [7, 11) is 0. The van der Waals surface area contributed by atoms with Crippen LogP contribution in [0.4, 0.5) is 0 Å². The molecule has 0 radical (unpaired) electrons. The fourth-order valence-electron chi connectivity index (χ4n) is 2.65. The summed E-state index contributed by atoms with van der Waals surface area (Å²) < 4.78 is 5.26. The first-order valence-electron chi connectivity index (χ1n) is 8.39. The predicted octanol–water partition coefficient (Wildman–Crippen LogP) is 3.36. The maximum absolute atomic E-state index is 12.6. The van der Waals surface area contributed by atoms with Gasteiger partial charge in [-0.2, -0.15) is 0 Å². The average Bonchev–Trinajstić information content (AvgIpc) is 2.60. The Morgan fingerprint density at radius 3 is 2.60 bits per heavy atom. The van der Waals surface area contributed by atoms with Crippen molar-refractivity contribution in [3.05, 3.63) is 41.5 Å². The van der Waals surface area contributed by atoms with E-state index in [9.17, 15) is 14.7 Å². The molecule has 1 heterocycles. The third-order valence-corrected chi connectivity index (χ3v) is 5.35. The van der Waals surface area contributed by atoms with E-state index in [1.807, 2.05) is 32.0 Å². The van der Waals surface area contributed by atoms with Crippen molar-refractivity contribution < 1.29 is 19.4 Å². The highest BCUT2D eigenvalue weighted by Gasteiger charge is 2.40. The molecule has 1 aromatic rings. The molecule has 25 heavy (non-hydrogen) atoms. The number of benzene rings is 1. The molecular formula is C19H25NO4S. The van der Waals surface area contributed by atoms with Crippen molar-refractivity contribution in [3.8, 4) is 0 Å². The van der Waals surface area contributed by atoms with Crippen molar-refractivity contribution in [2.45, 2.75) is 31.6 Å². The van der Waals surface area contributed by atoms with E-state index >= 15 is 0 Å². The number of nitrogens with one attached hydrogen (secondary N) is 1. The molecule has 5 nitrogen and oxygen atoms in total. The van der Waals surface area contributed by atoms with Crippen LogP contribution in [-0.4, -0.2) is 42.5 Å². The predicted molar refractivity (Wildman–Crippen MR) is 99.1 cm³/mol. The highest BCUT2D eigenvalue weighted by atomic mass is 32.2. The van der Waals surface area contributed by atoms with Gasteiger partial charge in [0.2, 0.25) is 0 Å². The van der Waals surface area contributed by atoms with Gasteiger partial charge < -0.3 is 15.2 Å². The van der Waals surface area contributed by atoms with Crippen molar-refractivity contribution in [1.29, 1.82) is 0 Å². The molecule has 2 N–H and O–H groups in total. The van der Waals surface area contributed by atoms with E-state index < -0.39 is 11.4 Å². The fraction of sp³-hybridized carbons (Fsp3) is 0.474. The van der Waals surface area contributed by atoms with Gasteiger partial charge in [0.05, 0.1) is 11.0 Å². The number of rotatable bonds is 7. The van der Waals surface area contributed by atoms with Crippen molar-refractivity contribution in [3.63, 3.8) is 0 Å². The molecule has 2 rings (SSSR count). The van der Waals surface area contributed by atoms with E-state index in [-0.39, 0.29) is 12.5 Å². The molecule has 1 amide bonds. The molecule has 1 aromatic carbocycles. The smallest absolute Gasteiger partial charge is 0.311 e. The molecule has 0 aliphatic carbocycles. The Balaban J connectivity index is 2.05. The minimum atomic E-state index is -0.932. The molecule has 136 valence electrons. The second-order valence-corrected chi connectivity index (χ2v) is 7.53. The lowest BCUT2D eigenvalue weighted by Crippen LogP contribution is -2.46. The Kier molecular flexibility index (Phi) is 7.08. The Morgan fingerprint density at radius 1 is 1.28 bits per heavy atom. The van der Waals surface area contributed by atoms with Gasteiger partial charge in [0, 0.05) is 30.4 Å². The summed E-state index contributed by atoms with van der Waals surface area (Å²) in [5, 5.41) is 12.4. The molecule has 1 fully saturated rings. The molecule has 0 atom stereocenters. The van der Waals surface area contributed by atoms with Crippen LogP contribution in [0.25, 0.3) is 0 Å². The number of hydrogen-bond donors (Lipinski definition) is 2. The fourth-order valence-corrected chi connectivity index (χ4v) is 3.74. The SMILES string of the molecule is CC(C)=CCSc1ccccc1C(=O)NCC1(C(=O)O)CCOCC1. The van der Waals surface area contributed by atoms with Gasteiger partial charge in [0.1, 0.15) is 0 Å².